The molecule has 0 bridgehead atoms. The Morgan fingerprint density at radius 3 is 2.45 bits per heavy atom. The molecule has 0 aliphatic heterocycles. The third-order valence-corrected chi connectivity index (χ3v) is 2.67. The van der Waals surface area contributed by atoms with Crippen LogP contribution in [0.4, 0.5) is 13.2 Å². The predicted molar refractivity (Wildman–Crippen MR) is 68.1 cm³/mol. The number of nitrogens with one attached hydrogen (secondary N) is 1. The molecule has 0 amide bonds. The summed E-state index contributed by atoms with van der Waals surface area (Å²) in [5.74, 6) is -3.60. The molecular weight excluding hydrogens is 269 g/mol. The van der Waals surface area contributed by atoms with Crippen LogP contribution in [0.3, 0.4) is 0 Å². The number of rotatable bonds is 4. The molecule has 0 aromatic heterocycles. The average molecular weight is 280 g/mol. The molecule has 20 heavy (non-hydrogen) atoms. The second-order valence-electron chi connectivity index (χ2n) is 4.03. The minimum atomic E-state index is -1.13. The molecule has 2 aromatic carbocycles. The highest BCUT2D eigenvalue weighted by molar-refractivity contribution is 5.95. The smallest absolute Gasteiger partial charge is 0.200 e. The summed E-state index contributed by atoms with van der Waals surface area (Å²) in [6, 6.07) is 7.75. The van der Waals surface area contributed by atoms with E-state index in [1.54, 1.807) is 0 Å². The van der Waals surface area contributed by atoms with Gasteiger partial charge in [0.15, 0.2) is 11.6 Å². The topological polar surface area (TPSA) is 59.1 Å². The molecule has 0 saturated heterocycles. The minimum Gasteiger partial charge on any atom is -0.486 e. The molecule has 0 spiro atoms. The van der Waals surface area contributed by atoms with E-state index in [9.17, 15) is 13.2 Å². The van der Waals surface area contributed by atoms with Crippen molar-refractivity contribution in [3.8, 4) is 5.75 Å². The number of hydrogen-bond donors (Lipinski definition) is 2. The van der Waals surface area contributed by atoms with Crippen LogP contribution in [-0.2, 0) is 6.61 Å². The maximum Gasteiger partial charge on any atom is 0.200 e. The first-order valence-electron chi connectivity index (χ1n) is 5.69. The third kappa shape index (κ3) is 2.74. The van der Waals surface area contributed by atoms with Gasteiger partial charge in [-0.2, -0.15) is 4.39 Å². The molecule has 6 heteroatoms. The summed E-state index contributed by atoms with van der Waals surface area (Å²) >= 11 is 0. The number of hydrogen-bond acceptors (Lipinski definition) is 2. The second-order valence-corrected chi connectivity index (χ2v) is 4.03. The summed E-state index contributed by atoms with van der Waals surface area (Å²) in [7, 11) is 0. The highest BCUT2D eigenvalue weighted by Gasteiger charge is 2.13. The Hall–Kier alpha value is -2.50. The maximum absolute atomic E-state index is 13.9. The van der Waals surface area contributed by atoms with Crippen LogP contribution in [0.15, 0.2) is 36.4 Å². The molecule has 0 unspecified atom stereocenters. The number of nitrogen functional groups attached to an aromatic ring is 1. The van der Waals surface area contributed by atoms with Gasteiger partial charge in [-0.3, -0.25) is 5.41 Å². The van der Waals surface area contributed by atoms with Crippen molar-refractivity contribution in [1.82, 2.24) is 0 Å². The highest BCUT2D eigenvalue weighted by atomic mass is 19.2. The molecule has 0 atom stereocenters. The van der Waals surface area contributed by atoms with E-state index in [-0.39, 0.29) is 23.5 Å². The van der Waals surface area contributed by atoms with Crippen molar-refractivity contribution in [3.63, 3.8) is 0 Å². The Labute approximate surface area is 113 Å². The fraction of sp³-hybridized carbons (Fsp3) is 0.0714. The molecule has 0 aliphatic rings. The van der Waals surface area contributed by atoms with Crippen LogP contribution in [-0.4, -0.2) is 5.84 Å². The molecular formula is C14H11F3N2O. The fourth-order valence-corrected chi connectivity index (χ4v) is 1.65. The summed E-state index contributed by atoms with van der Waals surface area (Å²) in [6.45, 7) is -0.298. The van der Waals surface area contributed by atoms with Crippen LogP contribution in [0.2, 0.25) is 0 Å². The first-order valence-corrected chi connectivity index (χ1v) is 5.69. The van der Waals surface area contributed by atoms with Crippen molar-refractivity contribution in [1.29, 1.82) is 5.41 Å². The Balaban J connectivity index is 2.21. The van der Waals surface area contributed by atoms with Gasteiger partial charge in [-0.1, -0.05) is 18.2 Å². The molecule has 0 aliphatic carbocycles. The van der Waals surface area contributed by atoms with E-state index in [1.165, 1.54) is 30.3 Å². The van der Waals surface area contributed by atoms with Crippen molar-refractivity contribution >= 4 is 5.84 Å². The summed E-state index contributed by atoms with van der Waals surface area (Å²) in [4.78, 5) is 0. The lowest BCUT2D eigenvalue weighted by Gasteiger charge is -2.10. The number of nitrogens with two attached hydrogens (primary N) is 1. The summed E-state index contributed by atoms with van der Waals surface area (Å²) < 4.78 is 45.3. The van der Waals surface area contributed by atoms with Gasteiger partial charge in [0.2, 0.25) is 5.82 Å². The molecule has 0 saturated carbocycles. The third-order valence-electron chi connectivity index (χ3n) is 2.67. The summed E-state index contributed by atoms with van der Waals surface area (Å²) in [5, 5.41) is 7.22. The van der Waals surface area contributed by atoms with E-state index < -0.39 is 23.3 Å². The van der Waals surface area contributed by atoms with Gasteiger partial charge >= 0.3 is 0 Å². The van der Waals surface area contributed by atoms with Gasteiger partial charge in [-0.15, -0.1) is 0 Å². The number of amidine groups is 1. The molecule has 2 aromatic rings. The van der Waals surface area contributed by atoms with Crippen molar-refractivity contribution < 1.29 is 17.9 Å². The molecule has 3 nitrogen and oxygen atoms in total. The lowest BCUT2D eigenvalue weighted by Crippen LogP contribution is -2.14. The van der Waals surface area contributed by atoms with Crippen molar-refractivity contribution in [2.45, 2.75) is 6.61 Å². The number of benzene rings is 2. The normalized spacial score (nSPS) is 10.3. The summed E-state index contributed by atoms with van der Waals surface area (Å²) in [6.07, 6.45) is 0. The lowest BCUT2D eigenvalue weighted by atomic mass is 10.1. The van der Waals surface area contributed by atoms with Crippen molar-refractivity contribution in [2.75, 3.05) is 0 Å². The van der Waals surface area contributed by atoms with E-state index >= 15 is 0 Å². The van der Waals surface area contributed by atoms with E-state index in [2.05, 4.69) is 0 Å². The number of halogens is 3. The zero-order valence-electron chi connectivity index (χ0n) is 10.3. The molecule has 0 heterocycles. The Morgan fingerprint density at radius 2 is 1.75 bits per heavy atom. The van der Waals surface area contributed by atoms with Crippen LogP contribution < -0.4 is 10.5 Å². The van der Waals surface area contributed by atoms with E-state index in [1.807, 2.05) is 0 Å². The van der Waals surface area contributed by atoms with Crippen LogP contribution in [0, 0.1) is 22.9 Å². The minimum absolute atomic E-state index is 0.0641. The van der Waals surface area contributed by atoms with E-state index in [0.717, 1.165) is 6.07 Å². The van der Waals surface area contributed by atoms with Gasteiger partial charge in [0.1, 0.15) is 18.3 Å². The van der Waals surface area contributed by atoms with Gasteiger partial charge in [-0.25, -0.2) is 8.78 Å². The zero-order chi connectivity index (χ0) is 14.7. The summed E-state index contributed by atoms with van der Waals surface area (Å²) in [5.41, 5.74) is 5.26. The predicted octanol–water partition coefficient (Wildman–Crippen LogP) is 2.97. The Bertz CT molecular complexity index is 659. The van der Waals surface area contributed by atoms with Crippen molar-refractivity contribution in [3.05, 3.63) is 65.0 Å². The molecule has 104 valence electrons. The molecule has 0 fully saturated rings. The average Bonchev–Trinajstić information content (AvgIpc) is 2.41. The van der Waals surface area contributed by atoms with E-state index in [4.69, 9.17) is 15.9 Å². The molecule has 2 rings (SSSR count). The Kier molecular flexibility index (Phi) is 3.93. The molecule has 3 N–H and O–H groups in total. The van der Waals surface area contributed by atoms with Gasteiger partial charge < -0.3 is 10.5 Å². The van der Waals surface area contributed by atoms with Crippen LogP contribution in [0.1, 0.15) is 11.1 Å². The van der Waals surface area contributed by atoms with Crippen molar-refractivity contribution in [2.24, 2.45) is 5.73 Å². The van der Waals surface area contributed by atoms with Crippen LogP contribution in [0.25, 0.3) is 0 Å². The lowest BCUT2D eigenvalue weighted by molar-refractivity contribution is 0.279. The quantitative estimate of drug-likeness (QED) is 0.668. The molecule has 0 radical (unpaired) electrons. The second kappa shape index (κ2) is 5.64. The van der Waals surface area contributed by atoms with Gasteiger partial charge in [0, 0.05) is 5.56 Å². The monoisotopic (exact) mass is 280 g/mol. The standard InChI is InChI=1S/C14H11F3N2O/c15-10-5-2-6-11(13(10)17)20-7-8-3-1-4-9(12(8)16)14(18)19/h1-6H,7H2,(H3,18,19). The first kappa shape index (κ1) is 13.9. The largest absolute Gasteiger partial charge is 0.486 e. The van der Waals surface area contributed by atoms with Crippen LogP contribution in [0.5, 0.6) is 5.75 Å². The maximum atomic E-state index is 13.9. The van der Waals surface area contributed by atoms with Gasteiger partial charge in [-0.05, 0) is 18.2 Å². The highest BCUT2D eigenvalue weighted by Crippen LogP contribution is 2.21. The van der Waals surface area contributed by atoms with Crippen LogP contribution >= 0.6 is 0 Å². The van der Waals surface area contributed by atoms with E-state index in [0.29, 0.717) is 0 Å². The van der Waals surface area contributed by atoms with Gasteiger partial charge in [0.05, 0.1) is 5.56 Å². The number of ether oxygens (including phenoxy) is 1. The SMILES string of the molecule is N=C(N)c1cccc(COc2cccc(F)c2F)c1F. The fourth-order valence-electron chi connectivity index (χ4n) is 1.65. The Morgan fingerprint density at radius 1 is 1.05 bits per heavy atom. The first-order chi connectivity index (χ1) is 9.50. The zero-order valence-corrected chi connectivity index (χ0v) is 10.3. The van der Waals surface area contributed by atoms with Gasteiger partial charge in [0.25, 0.3) is 0 Å².